The first-order chi connectivity index (χ1) is 10.9. The number of thiophene rings is 1. The first-order valence-electron chi connectivity index (χ1n) is 6.81. The molecule has 118 valence electrons. The van der Waals surface area contributed by atoms with Crippen LogP contribution in [-0.4, -0.2) is 14.7 Å². The summed E-state index contributed by atoms with van der Waals surface area (Å²) in [5, 5.41) is 26.1. The van der Waals surface area contributed by atoms with Gasteiger partial charge in [-0.15, -0.1) is 11.3 Å². The predicted octanol–water partition coefficient (Wildman–Crippen LogP) is 3.81. The molecule has 0 N–H and O–H groups in total. The Balaban J connectivity index is 2.12. The third-order valence-electron chi connectivity index (χ3n) is 4.00. The molecule has 0 saturated carbocycles. The minimum atomic E-state index is -1.57. The molecule has 23 heavy (non-hydrogen) atoms. The van der Waals surface area contributed by atoms with Gasteiger partial charge in [0.25, 0.3) is 11.4 Å². The van der Waals surface area contributed by atoms with Crippen LogP contribution in [0.2, 0.25) is 0 Å². The Hall–Kier alpha value is -2.58. The molecule has 1 aromatic carbocycles. The molecule has 1 aromatic heterocycles. The zero-order valence-electron chi connectivity index (χ0n) is 12.4. The second-order valence-corrected chi connectivity index (χ2v) is 6.28. The summed E-state index contributed by atoms with van der Waals surface area (Å²) < 4.78 is 0.639. The topological polar surface area (TPSA) is 89.5 Å². The lowest BCUT2D eigenvalue weighted by molar-refractivity contribution is -0.565. The molecule has 0 aliphatic carbocycles. The van der Waals surface area contributed by atoms with E-state index in [-0.39, 0.29) is 16.9 Å². The van der Waals surface area contributed by atoms with Gasteiger partial charge < -0.3 is 10.3 Å². The molecule has 1 aliphatic heterocycles. The van der Waals surface area contributed by atoms with Crippen molar-refractivity contribution in [3.8, 4) is 0 Å². The monoisotopic (exact) mass is 331 g/mol. The molecule has 0 spiro atoms. The summed E-state index contributed by atoms with van der Waals surface area (Å²) in [7, 11) is 0. The number of nitroso groups, excluding NO2 is 1. The van der Waals surface area contributed by atoms with Crippen molar-refractivity contribution < 1.29 is 9.68 Å². The van der Waals surface area contributed by atoms with Gasteiger partial charge in [0.15, 0.2) is 0 Å². The Morgan fingerprint density at radius 1 is 1.30 bits per heavy atom. The van der Waals surface area contributed by atoms with Crippen molar-refractivity contribution >= 4 is 22.7 Å². The summed E-state index contributed by atoms with van der Waals surface area (Å²) in [6.07, 6.45) is 0. The first kappa shape index (κ1) is 15.3. The van der Waals surface area contributed by atoms with Gasteiger partial charge in [-0.2, -0.15) is 0 Å². The highest BCUT2D eigenvalue weighted by Gasteiger charge is 2.55. The Morgan fingerprint density at radius 3 is 2.65 bits per heavy atom. The molecule has 2 heterocycles. The number of non-ortho nitro benzene ring substituents is 1. The number of benzene rings is 1. The highest BCUT2D eigenvalue weighted by Crippen LogP contribution is 2.45. The minimum absolute atomic E-state index is 0.159. The maximum Gasteiger partial charge on any atom is 0.306 e. The number of nitro benzene ring substituents is 1. The van der Waals surface area contributed by atoms with Gasteiger partial charge in [-0.05, 0) is 24.4 Å². The molecule has 0 radical (unpaired) electrons. The van der Waals surface area contributed by atoms with Crippen LogP contribution in [0.3, 0.4) is 0 Å². The molecule has 2 aromatic rings. The van der Waals surface area contributed by atoms with Gasteiger partial charge in [0.2, 0.25) is 0 Å². The van der Waals surface area contributed by atoms with Gasteiger partial charge in [-0.25, -0.2) is 0 Å². The first-order valence-corrected chi connectivity index (χ1v) is 7.69. The maximum atomic E-state index is 12.9. The lowest BCUT2D eigenvalue weighted by atomic mass is 10.0. The molecular weight excluding hydrogens is 318 g/mol. The zero-order valence-corrected chi connectivity index (χ0v) is 13.2. The zero-order chi connectivity index (χ0) is 16.8. The third kappa shape index (κ3) is 2.14. The summed E-state index contributed by atoms with van der Waals surface area (Å²) in [5.74, 6) is 0. The molecular formula is C15H13N3O4S. The second kappa shape index (κ2) is 5.25. The van der Waals surface area contributed by atoms with E-state index in [9.17, 15) is 20.2 Å². The number of nitro groups is 1. The smallest absolute Gasteiger partial charge is 0.306 e. The highest BCUT2D eigenvalue weighted by molar-refractivity contribution is 7.11. The largest absolute Gasteiger partial charge is 0.753 e. The molecule has 3 rings (SSSR count). The highest BCUT2D eigenvalue weighted by atomic mass is 32.1. The van der Waals surface area contributed by atoms with Crippen molar-refractivity contribution in [1.29, 1.82) is 0 Å². The van der Waals surface area contributed by atoms with Crippen LogP contribution in [0, 0.1) is 20.2 Å². The van der Waals surface area contributed by atoms with Gasteiger partial charge in [0.1, 0.15) is 4.88 Å². The molecule has 8 heteroatoms. The van der Waals surface area contributed by atoms with E-state index in [4.69, 9.17) is 0 Å². The Morgan fingerprint density at radius 2 is 2.04 bits per heavy atom. The summed E-state index contributed by atoms with van der Waals surface area (Å²) in [4.78, 5) is 24.0. The van der Waals surface area contributed by atoms with E-state index in [0.29, 0.717) is 20.4 Å². The van der Waals surface area contributed by atoms with E-state index < -0.39 is 10.6 Å². The normalized spacial score (nSPS) is 21.2. The van der Waals surface area contributed by atoms with Gasteiger partial charge in [0.05, 0.1) is 20.9 Å². The van der Waals surface area contributed by atoms with Crippen molar-refractivity contribution in [3.05, 3.63) is 78.1 Å². The average Bonchev–Trinajstić information content (AvgIpc) is 3.12. The standard InChI is InChI=1S/C15H13N3O4S/c1-10-14(13-7-4-8-23-13)17(20)15(2,16(10)19)11-5-3-6-12(9-11)18(21)22/h3-9H,1-2H3. The van der Waals surface area contributed by atoms with E-state index in [1.165, 1.54) is 36.5 Å². The van der Waals surface area contributed by atoms with Crippen LogP contribution in [0.4, 0.5) is 5.69 Å². The summed E-state index contributed by atoms with van der Waals surface area (Å²) in [6, 6.07) is 9.17. The van der Waals surface area contributed by atoms with Crippen molar-refractivity contribution in [2.75, 3.05) is 0 Å². The molecule has 1 unspecified atom stereocenters. The minimum Gasteiger partial charge on any atom is -0.753 e. The van der Waals surface area contributed by atoms with Gasteiger partial charge in [-0.3, -0.25) is 10.1 Å². The number of allylic oxidation sites excluding steroid dienone is 1. The number of hydroxylamine groups is 2. The fourth-order valence-corrected chi connectivity index (χ4v) is 3.51. The van der Waals surface area contributed by atoms with Crippen LogP contribution in [0.1, 0.15) is 24.3 Å². The number of hydrogen-bond donors (Lipinski definition) is 0. The van der Waals surface area contributed by atoms with Crippen LogP contribution >= 0.6 is 11.3 Å². The van der Waals surface area contributed by atoms with E-state index in [1.807, 2.05) is 5.38 Å². The SMILES string of the molecule is CC1=C(c2cccs2)[N+](=O)C(C)(c2cccc([N+](=O)[O-])c2)N1[O-]. The van der Waals surface area contributed by atoms with Crippen LogP contribution in [0.25, 0.3) is 5.70 Å². The summed E-state index contributed by atoms with van der Waals surface area (Å²) in [5.41, 5.74) is -0.870. The predicted molar refractivity (Wildman–Crippen MR) is 86.2 cm³/mol. The van der Waals surface area contributed by atoms with Gasteiger partial charge in [0, 0.05) is 24.0 Å². The maximum absolute atomic E-state index is 12.9. The lowest BCUT2D eigenvalue weighted by Gasteiger charge is -2.34. The number of hydrogen-bond acceptors (Lipinski definition) is 6. The fraction of sp³-hybridized carbons (Fsp3) is 0.200. The van der Waals surface area contributed by atoms with Crippen molar-refractivity contribution in [2.24, 2.45) is 0 Å². The number of rotatable bonds is 3. The molecule has 1 atom stereocenters. The van der Waals surface area contributed by atoms with Gasteiger partial charge in [-0.1, -0.05) is 12.1 Å². The van der Waals surface area contributed by atoms with E-state index in [2.05, 4.69) is 0 Å². The van der Waals surface area contributed by atoms with E-state index in [1.54, 1.807) is 25.1 Å². The Bertz CT molecular complexity index is 831. The van der Waals surface area contributed by atoms with Crippen molar-refractivity contribution in [2.45, 2.75) is 19.5 Å². The molecule has 0 fully saturated rings. The Labute approximate surface area is 135 Å². The lowest BCUT2D eigenvalue weighted by Crippen LogP contribution is -2.41. The van der Waals surface area contributed by atoms with Crippen LogP contribution in [0.15, 0.2) is 47.5 Å². The fourth-order valence-electron chi connectivity index (χ4n) is 2.71. The van der Waals surface area contributed by atoms with E-state index in [0.717, 1.165) is 0 Å². The molecule has 0 bridgehead atoms. The summed E-state index contributed by atoms with van der Waals surface area (Å²) in [6.45, 7) is 3.05. The number of nitrogens with zero attached hydrogens (tertiary/aromatic N) is 3. The molecule has 1 aliphatic rings. The second-order valence-electron chi connectivity index (χ2n) is 5.33. The summed E-state index contributed by atoms with van der Waals surface area (Å²) >= 11 is 1.36. The average molecular weight is 331 g/mol. The van der Waals surface area contributed by atoms with Crippen LogP contribution < -0.4 is 0 Å². The third-order valence-corrected chi connectivity index (χ3v) is 4.88. The quantitative estimate of drug-likeness (QED) is 0.484. The van der Waals surface area contributed by atoms with Gasteiger partial charge >= 0.3 is 5.66 Å². The van der Waals surface area contributed by atoms with Crippen molar-refractivity contribution in [3.63, 3.8) is 0 Å². The van der Waals surface area contributed by atoms with E-state index >= 15 is 0 Å². The van der Waals surface area contributed by atoms with Crippen LogP contribution in [0.5, 0.6) is 0 Å². The molecule has 0 saturated heterocycles. The molecule has 0 amide bonds. The molecule has 7 nitrogen and oxygen atoms in total. The Kier molecular flexibility index (Phi) is 3.50. The van der Waals surface area contributed by atoms with Crippen LogP contribution in [-0.2, 0) is 5.66 Å². The van der Waals surface area contributed by atoms with Crippen molar-refractivity contribution in [1.82, 2.24) is 5.06 Å².